The quantitative estimate of drug-likeness (QED) is 0.231. The lowest BCUT2D eigenvalue weighted by molar-refractivity contribution is -0.152. The van der Waals surface area contributed by atoms with E-state index >= 15 is 0 Å². The van der Waals surface area contributed by atoms with Gasteiger partial charge in [0.15, 0.2) is 0 Å². The number of aliphatic carboxylic acids is 1. The molecule has 0 aliphatic rings. The number of rotatable bonds is 16. The lowest BCUT2D eigenvalue weighted by Gasteiger charge is -2.27. The molecule has 0 aliphatic heterocycles. The number of carbonyl (C=O) groups is 2. The van der Waals surface area contributed by atoms with Crippen molar-refractivity contribution in [2.45, 2.75) is 95.6 Å². The highest BCUT2D eigenvalue weighted by molar-refractivity contribution is 7.88. The molecule has 1 atom stereocenters. The van der Waals surface area contributed by atoms with E-state index in [2.05, 4.69) is 6.92 Å². The number of carboxylic acid groups (broad SMARTS) is 1. The summed E-state index contributed by atoms with van der Waals surface area (Å²) in [5, 5.41) is 9.09. The summed E-state index contributed by atoms with van der Waals surface area (Å²) in [6, 6.07) is 0. The minimum absolute atomic E-state index is 0.0231. The van der Waals surface area contributed by atoms with E-state index in [1.807, 2.05) is 6.92 Å². The van der Waals surface area contributed by atoms with E-state index in [0.29, 0.717) is 19.3 Å². The lowest BCUT2D eigenvalue weighted by atomic mass is 9.96. The van der Waals surface area contributed by atoms with Crippen LogP contribution in [0, 0.1) is 0 Å². The summed E-state index contributed by atoms with van der Waals surface area (Å²) in [6.07, 6.45) is 7.13. The maximum atomic E-state index is 12.4. The van der Waals surface area contributed by atoms with Crippen molar-refractivity contribution in [3.63, 3.8) is 0 Å². The first-order valence-electron chi connectivity index (χ1n) is 9.57. The minimum Gasteiger partial charge on any atom is -0.481 e. The van der Waals surface area contributed by atoms with Crippen molar-refractivity contribution in [1.29, 1.82) is 0 Å². The van der Waals surface area contributed by atoms with Crippen LogP contribution in [-0.2, 0) is 24.4 Å². The number of esters is 1. The van der Waals surface area contributed by atoms with Gasteiger partial charge in [-0.15, -0.1) is 0 Å². The molecule has 26 heavy (non-hydrogen) atoms. The van der Waals surface area contributed by atoms with Crippen molar-refractivity contribution >= 4 is 22.1 Å². The average Bonchev–Trinajstić information content (AvgIpc) is 2.55. The van der Waals surface area contributed by atoms with Crippen molar-refractivity contribution in [1.82, 2.24) is 0 Å². The van der Waals surface area contributed by atoms with E-state index in [1.54, 1.807) is 0 Å². The topological polar surface area (TPSA) is 118 Å². The Morgan fingerprint density at radius 3 is 1.85 bits per heavy atom. The highest BCUT2D eigenvalue weighted by atomic mass is 32.2. The molecular weight excluding hydrogens is 360 g/mol. The van der Waals surface area contributed by atoms with Gasteiger partial charge in [0.05, 0.1) is 13.0 Å². The van der Waals surface area contributed by atoms with E-state index < -0.39 is 33.2 Å². The van der Waals surface area contributed by atoms with Crippen LogP contribution in [0.2, 0.25) is 0 Å². The summed E-state index contributed by atoms with van der Waals surface area (Å²) in [5.74, 6) is -2.62. The molecule has 0 rings (SSSR count). The van der Waals surface area contributed by atoms with Crippen LogP contribution < -0.4 is 0 Å². The number of carboxylic acids is 1. The Morgan fingerprint density at radius 1 is 0.885 bits per heavy atom. The summed E-state index contributed by atoms with van der Waals surface area (Å²) in [6.45, 7) is 4.13. The lowest BCUT2D eigenvalue weighted by Crippen LogP contribution is -2.49. The molecular formula is C18H34O7S. The van der Waals surface area contributed by atoms with Crippen molar-refractivity contribution in [3.05, 3.63) is 0 Å². The van der Waals surface area contributed by atoms with Crippen LogP contribution in [0.25, 0.3) is 0 Å². The van der Waals surface area contributed by atoms with Crippen LogP contribution in [0.1, 0.15) is 90.9 Å². The fourth-order valence-electron chi connectivity index (χ4n) is 2.85. The molecule has 0 heterocycles. The van der Waals surface area contributed by atoms with Gasteiger partial charge < -0.3 is 9.84 Å². The average molecular weight is 395 g/mol. The first-order chi connectivity index (χ1) is 12.2. The molecule has 0 radical (unpaired) electrons. The predicted molar refractivity (Wildman–Crippen MR) is 99.6 cm³/mol. The molecule has 0 saturated carbocycles. The Balaban J connectivity index is 4.97. The highest BCUT2D eigenvalue weighted by Gasteiger charge is 2.52. The SMILES string of the molecule is CCCCCCCOC(=O)C(CCCCCCC)(CC(=O)O)S(=O)(=O)O. The van der Waals surface area contributed by atoms with Crippen molar-refractivity contribution in [2.75, 3.05) is 6.61 Å². The van der Waals surface area contributed by atoms with Crippen LogP contribution in [0.15, 0.2) is 0 Å². The summed E-state index contributed by atoms with van der Waals surface area (Å²) in [7, 11) is -4.92. The zero-order chi connectivity index (χ0) is 20.1. The number of unbranched alkanes of at least 4 members (excludes halogenated alkanes) is 8. The van der Waals surface area contributed by atoms with Gasteiger partial charge in [0.25, 0.3) is 10.1 Å². The van der Waals surface area contributed by atoms with Crippen LogP contribution in [-0.4, -0.2) is 41.4 Å². The fourth-order valence-corrected chi connectivity index (χ4v) is 3.83. The van der Waals surface area contributed by atoms with E-state index in [9.17, 15) is 22.6 Å². The summed E-state index contributed by atoms with van der Waals surface area (Å²) >= 11 is 0. The van der Waals surface area contributed by atoms with Gasteiger partial charge in [-0.05, 0) is 12.8 Å². The Bertz CT molecular complexity index is 516. The Hall–Kier alpha value is -1.15. The van der Waals surface area contributed by atoms with Gasteiger partial charge >= 0.3 is 11.9 Å². The molecule has 0 aromatic rings. The molecule has 0 amide bonds. The molecule has 2 N–H and O–H groups in total. The molecule has 0 aromatic carbocycles. The summed E-state index contributed by atoms with van der Waals surface area (Å²) in [4.78, 5) is 23.6. The number of hydrogen-bond acceptors (Lipinski definition) is 5. The maximum absolute atomic E-state index is 12.4. The molecule has 154 valence electrons. The first kappa shape index (κ1) is 24.8. The molecule has 0 fully saturated rings. The molecule has 0 spiro atoms. The molecule has 7 nitrogen and oxygen atoms in total. The summed E-state index contributed by atoms with van der Waals surface area (Å²) in [5.41, 5.74) is 0. The number of carbonyl (C=O) groups excluding carboxylic acids is 1. The first-order valence-corrected chi connectivity index (χ1v) is 11.0. The Labute approximate surface area is 157 Å². The fraction of sp³-hybridized carbons (Fsp3) is 0.889. The normalized spacial score (nSPS) is 14.0. The maximum Gasteiger partial charge on any atom is 0.330 e. The van der Waals surface area contributed by atoms with E-state index in [4.69, 9.17) is 9.84 Å². The van der Waals surface area contributed by atoms with Crippen molar-refractivity contribution < 1.29 is 32.4 Å². The zero-order valence-corrected chi connectivity index (χ0v) is 16.9. The Morgan fingerprint density at radius 2 is 1.38 bits per heavy atom. The van der Waals surface area contributed by atoms with E-state index in [1.165, 1.54) is 0 Å². The largest absolute Gasteiger partial charge is 0.481 e. The highest BCUT2D eigenvalue weighted by Crippen LogP contribution is 2.30. The van der Waals surface area contributed by atoms with Gasteiger partial charge in [0, 0.05) is 0 Å². The molecule has 0 aromatic heterocycles. The third-order valence-corrected chi connectivity index (χ3v) is 5.97. The molecule has 0 bridgehead atoms. The van der Waals surface area contributed by atoms with Gasteiger partial charge in [-0.3, -0.25) is 14.1 Å². The standard InChI is InChI=1S/C18H34O7S/c1-3-5-7-9-11-13-18(15-16(19)20,26(22,23)24)17(21)25-14-12-10-8-6-4-2/h3-15H2,1-2H3,(H,19,20)(H,22,23,24). The molecule has 8 heteroatoms. The smallest absolute Gasteiger partial charge is 0.330 e. The van der Waals surface area contributed by atoms with Crippen LogP contribution in [0.5, 0.6) is 0 Å². The number of ether oxygens (including phenoxy) is 1. The van der Waals surface area contributed by atoms with Crippen molar-refractivity contribution in [3.8, 4) is 0 Å². The molecule has 1 unspecified atom stereocenters. The predicted octanol–water partition coefficient (Wildman–Crippen LogP) is 3.96. The van der Waals surface area contributed by atoms with Crippen LogP contribution in [0.3, 0.4) is 0 Å². The van der Waals surface area contributed by atoms with Crippen molar-refractivity contribution in [2.24, 2.45) is 0 Å². The van der Waals surface area contributed by atoms with Gasteiger partial charge in [-0.1, -0.05) is 71.6 Å². The van der Waals surface area contributed by atoms with Gasteiger partial charge in [-0.2, -0.15) is 8.42 Å². The van der Waals surface area contributed by atoms with E-state index in [-0.39, 0.29) is 13.0 Å². The summed E-state index contributed by atoms with van der Waals surface area (Å²) < 4.78 is 36.1. The second kappa shape index (κ2) is 13.1. The third-order valence-electron chi connectivity index (χ3n) is 4.47. The van der Waals surface area contributed by atoms with Crippen LogP contribution in [0.4, 0.5) is 0 Å². The Kier molecular flexibility index (Phi) is 12.5. The van der Waals surface area contributed by atoms with E-state index in [0.717, 1.165) is 44.9 Å². The monoisotopic (exact) mass is 394 g/mol. The number of hydrogen-bond donors (Lipinski definition) is 2. The molecule has 0 aliphatic carbocycles. The van der Waals surface area contributed by atoms with Gasteiger partial charge in [0.1, 0.15) is 0 Å². The third kappa shape index (κ3) is 8.98. The van der Waals surface area contributed by atoms with Gasteiger partial charge in [0.2, 0.25) is 4.75 Å². The second-order valence-corrected chi connectivity index (χ2v) is 8.49. The molecule has 0 saturated heterocycles. The zero-order valence-electron chi connectivity index (χ0n) is 16.0. The minimum atomic E-state index is -4.92. The van der Waals surface area contributed by atoms with Gasteiger partial charge in [-0.25, -0.2) is 0 Å². The second-order valence-electron chi connectivity index (χ2n) is 6.75. The van der Waals surface area contributed by atoms with Crippen LogP contribution >= 0.6 is 0 Å².